The molecule has 0 radical (unpaired) electrons. The molecule has 0 fully saturated rings. The minimum Gasteiger partial charge on any atom is -0.369 e. The highest BCUT2D eigenvalue weighted by molar-refractivity contribution is 5.91. The number of anilines is 3. The van der Waals surface area contributed by atoms with Crippen LogP contribution in [0.4, 0.5) is 17.5 Å². The maximum atomic E-state index is 4.61. The number of benzene rings is 1. The minimum absolute atomic E-state index is 0.471. The highest BCUT2D eigenvalue weighted by Crippen LogP contribution is 2.24. The van der Waals surface area contributed by atoms with Gasteiger partial charge in [0.1, 0.15) is 5.82 Å². The van der Waals surface area contributed by atoms with Gasteiger partial charge in [-0.05, 0) is 31.2 Å². The fourth-order valence-electron chi connectivity index (χ4n) is 3.36. The van der Waals surface area contributed by atoms with Crippen LogP contribution >= 0.6 is 0 Å². The van der Waals surface area contributed by atoms with Crippen molar-refractivity contribution in [2.24, 2.45) is 0 Å². The molecule has 30 heavy (non-hydrogen) atoms. The number of nitrogens with zero attached hydrogens (tertiary/aromatic N) is 6. The number of hydrogen-bond acceptors (Lipinski definition) is 7. The second kappa shape index (κ2) is 7.75. The Bertz CT molecular complexity index is 1310. The number of hydrogen-bond donors (Lipinski definition) is 2. The molecule has 0 amide bonds. The molecule has 0 spiro atoms. The highest BCUT2D eigenvalue weighted by Gasteiger charge is 2.11. The minimum atomic E-state index is 0.471. The highest BCUT2D eigenvalue weighted by atomic mass is 15.4. The predicted octanol–water partition coefficient (Wildman–Crippen LogP) is 3.77. The van der Waals surface area contributed by atoms with E-state index in [1.807, 2.05) is 67.7 Å². The van der Waals surface area contributed by atoms with Gasteiger partial charge in [-0.15, -0.1) is 5.10 Å². The van der Waals surface area contributed by atoms with E-state index < -0.39 is 0 Å². The molecule has 0 saturated heterocycles. The van der Waals surface area contributed by atoms with Crippen LogP contribution in [0, 0.1) is 6.92 Å². The Labute approximate surface area is 173 Å². The number of nitrogens with one attached hydrogen (secondary N) is 2. The second-order valence-corrected chi connectivity index (χ2v) is 6.93. The van der Waals surface area contributed by atoms with E-state index in [1.165, 1.54) is 0 Å². The van der Waals surface area contributed by atoms with Crippen molar-refractivity contribution in [2.45, 2.75) is 13.3 Å². The van der Waals surface area contributed by atoms with Gasteiger partial charge < -0.3 is 10.6 Å². The van der Waals surface area contributed by atoms with Gasteiger partial charge in [0.05, 0.1) is 11.2 Å². The van der Waals surface area contributed by atoms with Crippen LogP contribution in [0.25, 0.3) is 16.7 Å². The molecule has 8 nitrogen and oxygen atoms in total. The summed E-state index contributed by atoms with van der Waals surface area (Å²) in [5.74, 6) is 1.84. The number of pyridine rings is 2. The third-order valence-corrected chi connectivity index (χ3v) is 4.73. The van der Waals surface area contributed by atoms with Crippen molar-refractivity contribution in [2.75, 3.05) is 17.2 Å². The Morgan fingerprint density at radius 1 is 0.933 bits per heavy atom. The third-order valence-electron chi connectivity index (χ3n) is 4.73. The summed E-state index contributed by atoms with van der Waals surface area (Å²) in [5.41, 5.74) is 3.63. The first-order valence-corrected chi connectivity index (χ1v) is 9.75. The van der Waals surface area contributed by atoms with Crippen LogP contribution in [-0.2, 0) is 6.42 Å². The Kier molecular flexibility index (Phi) is 4.65. The van der Waals surface area contributed by atoms with Crippen LogP contribution in [0.1, 0.15) is 11.4 Å². The van der Waals surface area contributed by atoms with E-state index in [4.69, 9.17) is 0 Å². The first-order chi connectivity index (χ1) is 14.8. The standard InChI is InChI=1S/C22H20N8/c1-15-14-19(24-13-10-17-8-2-3-11-23-17)30-22(26-15)28-21(29-30)27-18-9-4-6-16-7-5-12-25-20(16)18/h2-9,11-12,14,24H,10,13H2,1H3,(H,27,29). The summed E-state index contributed by atoms with van der Waals surface area (Å²) in [7, 11) is 0. The van der Waals surface area contributed by atoms with Gasteiger partial charge in [-0.1, -0.05) is 24.3 Å². The fraction of sp³-hybridized carbons (Fsp3) is 0.136. The summed E-state index contributed by atoms with van der Waals surface area (Å²) in [6.45, 7) is 2.67. The molecule has 0 atom stereocenters. The summed E-state index contributed by atoms with van der Waals surface area (Å²) in [4.78, 5) is 17.9. The molecule has 1 aromatic carbocycles. The number of aryl methyl sites for hydroxylation is 1. The maximum absolute atomic E-state index is 4.61. The first kappa shape index (κ1) is 18.0. The fourth-order valence-corrected chi connectivity index (χ4v) is 3.36. The lowest BCUT2D eigenvalue weighted by molar-refractivity contribution is 0.896. The normalized spacial score (nSPS) is 11.1. The van der Waals surface area contributed by atoms with E-state index in [1.54, 1.807) is 10.7 Å². The van der Waals surface area contributed by atoms with Crippen molar-refractivity contribution in [1.29, 1.82) is 0 Å². The smallest absolute Gasteiger partial charge is 0.256 e. The molecule has 0 aliphatic rings. The van der Waals surface area contributed by atoms with Gasteiger partial charge in [0.25, 0.3) is 5.78 Å². The number of fused-ring (bicyclic) bond motifs is 2. The number of rotatable bonds is 6. The summed E-state index contributed by atoms with van der Waals surface area (Å²) in [5, 5.41) is 12.4. The maximum Gasteiger partial charge on any atom is 0.256 e. The molecular formula is C22H20N8. The summed E-state index contributed by atoms with van der Waals surface area (Å²) < 4.78 is 1.71. The van der Waals surface area contributed by atoms with E-state index in [0.717, 1.165) is 46.8 Å². The number of aromatic nitrogens is 6. The largest absolute Gasteiger partial charge is 0.369 e. The lowest BCUT2D eigenvalue weighted by Crippen LogP contribution is -2.10. The number of para-hydroxylation sites is 1. The molecule has 148 valence electrons. The third kappa shape index (κ3) is 3.62. The zero-order valence-corrected chi connectivity index (χ0v) is 16.4. The molecule has 0 saturated carbocycles. The van der Waals surface area contributed by atoms with Crippen molar-refractivity contribution < 1.29 is 0 Å². The van der Waals surface area contributed by atoms with E-state index >= 15 is 0 Å². The second-order valence-electron chi connectivity index (χ2n) is 6.93. The molecule has 2 N–H and O–H groups in total. The zero-order valence-electron chi connectivity index (χ0n) is 16.4. The molecule has 0 aliphatic carbocycles. The Hall–Kier alpha value is -4.07. The van der Waals surface area contributed by atoms with Gasteiger partial charge in [-0.3, -0.25) is 9.97 Å². The van der Waals surface area contributed by atoms with E-state index in [2.05, 4.69) is 35.7 Å². The average molecular weight is 396 g/mol. The van der Waals surface area contributed by atoms with Crippen LogP contribution in [0.15, 0.2) is 67.0 Å². The van der Waals surface area contributed by atoms with E-state index in [-0.39, 0.29) is 0 Å². The molecule has 5 rings (SSSR count). The molecule has 4 heterocycles. The topological polar surface area (TPSA) is 92.9 Å². The van der Waals surface area contributed by atoms with Crippen molar-refractivity contribution in [1.82, 2.24) is 29.5 Å². The van der Waals surface area contributed by atoms with Gasteiger partial charge in [0.15, 0.2) is 0 Å². The van der Waals surface area contributed by atoms with Crippen LogP contribution in [0.2, 0.25) is 0 Å². The lowest BCUT2D eigenvalue weighted by atomic mass is 10.2. The van der Waals surface area contributed by atoms with Gasteiger partial charge in [0, 0.05) is 48.2 Å². The van der Waals surface area contributed by atoms with Gasteiger partial charge in [-0.25, -0.2) is 4.98 Å². The van der Waals surface area contributed by atoms with Crippen molar-refractivity contribution in [3.8, 4) is 0 Å². The molecule has 4 aromatic heterocycles. The summed E-state index contributed by atoms with van der Waals surface area (Å²) in [6, 6.07) is 17.8. The Morgan fingerprint density at radius 3 is 2.73 bits per heavy atom. The Balaban J connectivity index is 1.41. The first-order valence-electron chi connectivity index (χ1n) is 9.75. The van der Waals surface area contributed by atoms with E-state index in [9.17, 15) is 0 Å². The van der Waals surface area contributed by atoms with Crippen LogP contribution in [0.5, 0.6) is 0 Å². The molecule has 0 unspecified atom stereocenters. The molecule has 0 bridgehead atoms. The van der Waals surface area contributed by atoms with E-state index in [0.29, 0.717) is 11.7 Å². The predicted molar refractivity (Wildman–Crippen MR) is 117 cm³/mol. The van der Waals surface area contributed by atoms with Gasteiger partial charge >= 0.3 is 0 Å². The molecular weight excluding hydrogens is 376 g/mol. The monoisotopic (exact) mass is 396 g/mol. The van der Waals surface area contributed by atoms with Crippen molar-refractivity contribution in [3.05, 3.63) is 78.4 Å². The lowest BCUT2D eigenvalue weighted by Gasteiger charge is -2.08. The van der Waals surface area contributed by atoms with Crippen molar-refractivity contribution in [3.63, 3.8) is 0 Å². The van der Waals surface area contributed by atoms with Crippen LogP contribution < -0.4 is 10.6 Å². The van der Waals surface area contributed by atoms with Crippen LogP contribution in [-0.4, -0.2) is 36.1 Å². The zero-order chi connectivity index (χ0) is 20.3. The van der Waals surface area contributed by atoms with Crippen LogP contribution in [0.3, 0.4) is 0 Å². The summed E-state index contributed by atoms with van der Waals surface area (Å²) in [6.07, 6.45) is 4.39. The molecule has 5 aromatic rings. The van der Waals surface area contributed by atoms with Gasteiger partial charge in [-0.2, -0.15) is 9.50 Å². The van der Waals surface area contributed by atoms with Gasteiger partial charge in [0.2, 0.25) is 5.95 Å². The SMILES string of the molecule is Cc1cc(NCCc2ccccn2)n2nc(Nc3cccc4cccnc34)nc2n1. The molecule has 0 aliphatic heterocycles. The summed E-state index contributed by atoms with van der Waals surface area (Å²) >= 11 is 0. The average Bonchev–Trinajstić information content (AvgIpc) is 3.17. The quantitative estimate of drug-likeness (QED) is 0.451. The van der Waals surface area contributed by atoms with Crippen molar-refractivity contribution >= 4 is 34.1 Å². The Morgan fingerprint density at radius 2 is 1.83 bits per heavy atom. The molecule has 8 heteroatoms.